The van der Waals surface area contributed by atoms with E-state index < -0.39 is 0 Å². The molecule has 1 atom stereocenters. The second-order valence-corrected chi connectivity index (χ2v) is 6.74. The molecule has 0 N–H and O–H groups in total. The van der Waals surface area contributed by atoms with Crippen LogP contribution in [0.4, 0.5) is 5.69 Å². The zero-order valence-electron chi connectivity index (χ0n) is 15.0. The van der Waals surface area contributed by atoms with E-state index in [1.165, 1.54) is 0 Å². The second kappa shape index (κ2) is 9.88. The molecule has 1 unspecified atom stereocenters. The molecule has 130 valence electrons. The maximum absolute atomic E-state index is 5.85. The number of rotatable bonds is 9. The van der Waals surface area contributed by atoms with Crippen LogP contribution in [-0.4, -0.2) is 48.6 Å². The first-order chi connectivity index (χ1) is 10.8. The molecule has 0 aliphatic rings. The summed E-state index contributed by atoms with van der Waals surface area (Å²) in [5, 5.41) is 0. The van der Waals surface area contributed by atoms with Crippen molar-refractivity contribution in [1.29, 1.82) is 0 Å². The van der Waals surface area contributed by atoms with Crippen molar-refractivity contribution in [2.24, 2.45) is 4.99 Å². The van der Waals surface area contributed by atoms with Gasteiger partial charge in [-0.25, -0.2) is 9.98 Å². The highest BCUT2D eigenvalue weighted by molar-refractivity contribution is 9.10. The lowest BCUT2D eigenvalue weighted by molar-refractivity contribution is 0.0563. The van der Waals surface area contributed by atoms with E-state index in [0.717, 1.165) is 28.9 Å². The summed E-state index contributed by atoms with van der Waals surface area (Å²) in [4.78, 5) is 11.1. The van der Waals surface area contributed by atoms with Gasteiger partial charge in [0.15, 0.2) is 0 Å². The van der Waals surface area contributed by atoms with Gasteiger partial charge in [0.05, 0.1) is 28.8 Å². The van der Waals surface area contributed by atoms with Crippen molar-refractivity contribution >= 4 is 28.0 Å². The normalized spacial score (nSPS) is 12.9. The Kier molecular flexibility index (Phi) is 8.55. The van der Waals surface area contributed by atoms with Crippen molar-refractivity contribution in [3.63, 3.8) is 0 Å². The fraction of sp³-hybridized carbons (Fsp3) is 0.647. The van der Waals surface area contributed by atoms with E-state index in [9.17, 15) is 0 Å². The van der Waals surface area contributed by atoms with Gasteiger partial charge >= 0.3 is 0 Å². The monoisotopic (exact) mass is 385 g/mol. The summed E-state index contributed by atoms with van der Waals surface area (Å²) >= 11 is 3.51. The maximum atomic E-state index is 5.85. The number of hydrogen-bond acceptors (Lipinski definition) is 4. The minimum absolute atomic E-state index is 0.0498. The van der Waals surface area contributed by atoms with Crippen LogP contribution in [0.3, 0.4) is 0 Å². The number of aryl methyl sites for hydroxylation is 1. The SMILES string of the molecule is CCCOCC(C)Oc1nc(C)c(/N=C\N(C)C(C)C)cc1Br. The van der Waals surface area contributed by atoms with E-state index >= 15 is 0 Å². The minimum atomic E-state index is -0.0498. The van der Waals surface area contributed by atoms with E-state index in [2.05, 4.69) is 46.7 Å². The van der Waals surface area contributed by atoms with Crippen molar-refractivity contribution in [1.82, 2.24) is 9.88 Å². The number of aromatic nitrogens is 1. The Balaban J connectivity index is 2.77. The predicted molar refractivity (Wildman–Crippen MR) is 98.9 cm³/mol. The highest BCUT2D eigenvalue weighted by Crippen LogP contribution is 2.30. The molecule has 0 amide bonds. The highest BCUT2D eigenvalue weighted by Gasteiger charge is 2.12. The number of aliphatic imine (C=N–C) groups is 1. The minimum Gasteiger partial charge on any atom is -0.471 e. The number of ether oxygens (including phenoxy) is 2. The smallest absolute Gasteiger partial charge is 0.228 e. The van der Waals surface area contributed by atoms with Gasteiger partial charge in [0.2, 0.25) is 5.88 Å². The molecule has 0 aromatic carbocycles. The fourth-order valence-electron chi connectivity index (χ4n) is 1.67. The fourth-order valence-corrected chi connectivity index (χ4v) is 2.07. The number of halogens is 1. The van der Waals surface area contributed by atoms with E-state index in [-0.39, 0.29) is 6.10 Å². The molecule has 0 saturated heterocycles. The molecule has 6 heteroatoms. The summed E-state index contributed by atoms with van der Waals surface area (Å²) in [6.45, 7) is 11.5. The van der Waals surface area contributed by atoms with E-state index in [1.807, 2.05) is 38.2 Å². The summed E-state index contributed by atoms with van der Waals surface area (Å²) < 4.78 is 12.1. The van der Waals surface area contributed by atoms with Crippen LogP contribution in [0.2, 0.25) is 0 Å². The molecular weight excluding hydrogens is 358 g/mol. The van der Waals surface area contributed by atoms with Crippen LogP contribution < -0.4 is 4.74 Å². The first-order valence-electron chi connectivity index (χ1n) is 8.02. The first kappa shape index (κ1) is 19.9. The summed E-state index contributed by atoms with van der Waals surface area (Å²) in [5.41, 5.74) is 1.66. The maximum Gasteiger partial charge on any atom is 0.228 e. The van der Waals surface area contributed by atoms with Crippen LogP contribution in [0, 0.1) is 6.92 Å². The van der Waals surface area contributed by atoms with Gasteiger partial charge in [-0.15, -0.1) is 0 Å². The van der Waals surface area contributed by atoms with Crippen LogP contribution in [0.1, 0.15) is 39.8 Å². The largest absolute Gasteiger partial charge is 0.471 e. The Bertz CT molecular complexity index is 521. The van der Waals surface area contributed by atoms with E-state index in [1.54, 1.807) is 0 Å². The van der Waals surface area contributed by atoms with Crippen molar-refractivity contribution < 1.29 is 9.47 Å². The van der Waals surface area contributed by atoms with Gasteiger partial charge in [-0.1, -0.05) is 6.92 Å². The standard InChI is InChI=1S/C17H28BrN3O2/c1-7-8-22-10-13(4)23-17-15(18)9-16(14(5)20-17)19-11-21(6)12(2)3/h9,11-13H,7-8,10H2,1-6H3/b19-11-. The van der Waals surface area contributed by atoms with Gasteiger partial charge in [0, 0.05) is 19.7 Å². The lowest BCUT2D eigenvalue weighted by Gasteiger charge is -2.18. The Morgan fingerprint density at radius 1 is 1.39 bits per heavy atom. The Hall–Kier alpha value is -1.14. The number of pyridine rings is 1. The Morgan fingerprint density at radius 3 is 2.70 bits per heavy atom. The average Bonchev–Trinajstić information content (AvgIpc) is 2.49. The summed E-state index contributed by atoms with van der Waals surface area (Å²) in [6, 6.07) is 2.34. The molecule has 1 rings (SSSR count). The van der Waals surface area contributed by atoms with Gasteiger partial charge in [0.25, 0.3) is 0 Å². The third-order valence-corrected chi connectivity index (χ3v) is 3.88. The van der Waals surface area contributed by atoms with Crippen LogP contribution in [-0.2, 0) is 4.74 Å². The third-order valence-electron chi connectivity index (χ3n) is 3.32. The molecule has 0 aliphatic carbocycles. The average molecular weight is 386 g/mol. The molecule has 0 aliphatic heterocycles. The molecular formula is C17H28BrN3O2. The summed E-state index contributed by atoms with van der Waals surface area (Å²) in [5.74, 6) is 0.575. The molecule has 0 spiro atoms. The summed E-state index contributed by atoms with van der Waals surface area (Å²) in [7, 11) is 2.00. The molecule has 0 radical (unpaired) electrons. The first-order valence-corrected chi connectivity index (χ1v) is 8.82. The van der Waals surface area contributed by atoms with E-state index in [0.29, 0.717) is 18.5 Å². The number of hydrogen-bond donors (Lipinski definition) is 0. The third kappa shape index (κ3) is 6.87. The quantitative estimate of drug-likeness (QED) is 0.360. The zero-order chi connectivity index (χ0) is 17.4. The predicted octanol–water partition coefficient (Wildman–Crippen LogP) is 4.35. The van der Waals surface area contributed by atoms with Crippen LogP contribution in [0.25, 0.3) is 0 Å². The van der Waals surface area contributed by atoms with Crippen molar-refractivity contribution in [3.8, 4) is 5.88 Å². The van der Waals surface area contributed by atoms with Gasteiger partial charge < -0.3 is 14.4 Å². The number of nitrogens with zero attached hydrogens (tertiary/aromatic N) is 3. The van der Waals surface area contributed by atoms with Crippen molar-refractivity contribution in [3.05, 3.63) is 16.2 Å². The van der Waals surface area contributed by atoms with Gasteiger partial charge in [0.1, 0.15) is 6.10 Å². The Morgan fingerprint density at radius 2 is 2.09 bits per heavy atom. The van der Waals surface area contributed by atoms with Crippen LogP contribution >= 0.6 is 15.9 Å². The van der Waals surface area contributed by atoms with Gasteiger partial charge in [-0.05, 0) is 56.1 Å². The molecule has 1 heterocycles. The van der Waals surface area contributed by atoms with Crippen LogP contribution in [0.5, 0.6) is 5.88 Å². The zero-order valence-corrected chi connectivity index (χ0v) is 16.6. The van der Waals surface area contributed by atoms with E-state index in [4.69, 9.17) is 9.47 Å². The second-order valence-electron chi connectivity index (χ2n) is 5.89. The van der Waals surface area contributed by atoms with Gasteiger partial charge in [-0.3, -0.25) is 0 Å². The molecule has 23 heavy (non-hydrogen) atoms. The molecule has 0 fully saturated rings. The molecule has 0 bridgehead atoms. The highest BCUT2D eigenvalue weighted by atomic mass is 79.9. The Labute approximate surface area is 148 Å². The molecule has 1 aromatic rings. The molecule has 5 nitrogen and oxygen atoms in total. The lowest BCUT2D eigenvalue weighted by atomic mass is 10.3. The van der Waals surface area contributed by atoms with Gasteiger partial charge in [-0.2, -0.15) is 0 Å². The van der Waals surface area contributed by atoms with Crippen molar-refractivity contribution in [2.45, 2.75) is 53.2 Å². The summed E-state index contributed by atoms with van der Waals surface area (Å²) in [6.07, 6.45) is 2.78. The van der Waals surface area contributed by atoms with Crippen LogP contribution in [0.15, 0.2) is 15.5 Å². The molecule has 1 aromatic heterocycles. The van der Waals surface area contributed by atoms with Crippen molar-refractivity contribution in [2.75, 3.05) is 20.3 Å². The lowest BCUT2D eigenvalue weighted by Crippen LogP contribution is -2.24. The molecule has 0 saturated carbocycles. The topological polar surface area (TPSA) is 47.0 Å².